The molecule has 1 aromatic carbocycles. The largest absolute Gasteiger partial charge is 0.395 e. The molecule has 9 heteroatoms. The van der Waals surface area contributed by atoms with Gasteiger partial charge >= 0.3 is 0 Å². The number of carbonyl (C=O) groups excluding carboxylic acids is 2. The Morgan fingerprint density at radius 2 is 1.93 bits per heavy atom. The monoisotopic (exact) mass is 400 g/mol. The zero-order valence-corrected chi connectivity index (χ0v) is 15.9. The lowest BCUT2D eigenvalue weighted by Gasteiger charge is -2.26. The van der Waals surface area contributed by atoms with Gasteiger partial charge in [-0.2, -0.15) is 0 Å². The molecule has 28 heavy (non-hydrogen) atoms. The summed E-state index contributed by atoms with van der Waals surface area (Å²) in [6.07, 6.45) is 1.25. The van der Waals surface area contributed by atoms with Crippen LogP contribution in [0.5, 0.6) is 0 Å². The van der Waals surface area contributed by atoms with Gasteiger partial charge in [-0.05, 0) is 12.1 Å². The van der Waals surface area contributed by atoms with E-state index in [0.29, 0.717) is 5.69 Å². The molecule has 0 radical (unpaired) electrons. The fraction of sp³-hybridized carbons (Fsp3) is 0.316. The van der Waals surface area contributed by atoms with Crippen molar-refractivity contribution in [2.24, 2.45) is 0 Å². The maximum absolute atomic E-state index is 12.2. The molecule has 1 saturated heterocycles. The van der Waals surface area contributed by atoms with Crippen LogP contribution in [-0.2, 0) is 14.3 Å². The summed E-state index contributed by atoms with van der Waals surface area (Å²) in [6.45, 7) is 2.89. The first-order chi connectivity index (χ1) is 13.7. The van der Waals surface area contributed by atoms with Gasteiger partial charge in [-0.25, -0.2) is 4.98 Å². The van der Waals surface area contributed by atoms with Crippen LogP contribution in [0.4, 0.5) is 10.8 Å². The number of ether oxygens (including phenoxy) is 1. The van der Waals surface area contributed by atoms with Gasteiger partial charge in [0.15, 0.2) is 5.13 Å². The highest BCUT2D eigenvalue weighted by atomic mass is 32.1. The van der Waals surface area contributed by atoms with Crippen LogP contribution in [0.15, 0.2) is 41.4 Å². The molecule has 4 rings (SSSR count). The van der Waals surface area contributed by atoms with Crippen molar-refractivity contribution in [3.8, 4) is 11.3 Å². The highest BCUT2D eigenvalue weighted by Crippen LogP contribution is 2.29. The third kappa shape index (κ3) is 3.77. The molecule has 0 spiro atoms. The minimum atomic E-state index is -0.433. The van der Waals surface area contributed by atoms with Crippen LogP contribution in [0.1, 0.15) is 0 Å². The molecule has 0 atom stereocenters. The first-order valence-corrected chi connectivity index (χ1v) is 9.88. The molecular weight excluding hydrogens is 380 g/mol. The zero-order chi connectivity index (χ0) is 19.5. The maximum atomic E-state index is 12.2. The number of aromatic nitrogens is 1. The Morgan fingerprint density at radius 3 is 2.64 bits per heavy atom. The number of benzene rings is 1. The van der Waals surface area contributed by atoms with Gasteiger partial charge in [-0.3, -0.25) is 14.5 Å². The summed E-state index contributed by atoms with van der Waals surface area (Å²) in [5.41, 5.74) is 2.78. The number of aliphatic hydroxyl groups excluding tert-OH is 1. The van der Waals surface area contributed by atoms with Gasteiger partial charge < -0.3 is 20.1 Å². The average Bonchev–Trinajstić information content (AvgIpc) is 3.31. The zero-order valence-electron chi connectivity index (χ0n) is 15.1. The fourth-order valence-electron chi connectivity index (χ4n) is 3.09. The van der Waals surface area contributed by atoms with Crippen molar-refractivity contribution in [3.05, 3.63) is 41.4 Å². The molecule has 0 aliphatic carbocycles. The van der Waals surface area contributed by atoms with Gasteiger partial charge in [0.1, 0.15) is 5.70 Å². The average molecular weight is 400 g/mol. The molecule has 1 aromatic heterocycles. The van der Waals surface area contributed by atoms with Crippen molar-refractivity contribution < 1.29 is 19.4 Å². The van der Waals surface area contributed by atoms with E-state index >= 15 is 0 Å². The molecule has 2 aliphatic rings. The SMILES string of the molecule is O=C1C=C(Nc2ccc(-c3csc(N4CCOCC4)n3)cc2)C(=O)N1CCO. The van der Waals surface area contributed by atoms with Crippen LogP contribution in [-0.4, -0.2) is 66.3 Å². The Bertz CT molecular complexity index is 903. The molecule has 146 valence electrons. The number of imide groups is 1. The summed E-state index contributed by atoms with van der Waals surface area (Å²) < 4.78 is 5.38. The normalized spacial score (nSPS) is 17.2. The Balaban J connectivity index is 1.43. The number of morpholine rings is 1. The number of rotatable bonds is 6. The predicted molar refractivity (Wildman–Crippen MR) is 106 cm³/mol. The Kier molecular flexibility index (Phi) is 5.38. The summed E-state index contributed by atoms with van der Waals surface area (Å²) >= 11 is 1.61. The quantitative estimate of drug-likeness (QED) is 0.706. The lowest BCUT2D eigenvalue weighted by atomic mass is 10.1. The van der Waals surface area contributed by atoms with E-state index in [1.807, 2.05) is 29.6 Å². The molecular formula is C19H20N4O4S. The van der Waals surface area contributed by atoms with Crippen LogP contribution in [0.25, 0.3) is 11.3 Å². The number of hydrogen-bond acceptors (Lipinski definition) is 8. The smallest absolute Gasteiger partial charge is 0.277 e. The van der Waals surface area contributed by atoms with Gasteiger partial charge in [0.2, 0.25) is 0 Å². The third-order valence-corrected chi connectivity index (χ3v) is 5.47. The van der Waals surface area contributed by atoms with E-state index in [0.717, 1.165) is 47.6 Å². The number of nitrogens with zero attached hydrogens (tertiary/aromatic N) is 3. The second-order valence-electron chi connectivity index (χ2n) is 6.39. The van der Waals surface area contributed by atoms with Crippen LogP contribution in [0, 0.1) is 0 Å². The maximum Gasteiger partial charge on any atom is 0.277 e. The highest BCUT2D eigenvalue weighted by molar-refractivity contribution is 7.14. The van der Waals surface area contributed by atoms with Crippen LogP contribution < -0.4 is 10.2 Å². The fourth-order valence-corrected chi connectivity index (χ4v) is 3.97. The van der Waals surface area contributed by atoms with Gasteiger partial charge in [0.05, 0.1) is 32.1 Å². The standard InChI is InChI=1S/C19H20N4O4S/c24-8-5-23-17(25)11-15(18(23)26)20-14-3-1-13(2-4-14)16-12-28-19(21-16)22-6-9-27-10-7-22/h1-4,11-12,20,24H,5-10H2. The van der Waals surface area contributed by atoms with E-state index in [9.17, 15) is 9.59 Å². The van der Waals surface area contributed by atoms with E-state index in [1.54, 1.807) is 11.3 Å². The van der Waals surface area contributed by atoms with Crippen LogP contribution in [0.3, 0.4) is 0 Å². The molecule has 0 saturated carbocycles. The highest BCUT2D eigenvalue weighted by Gasteiger charge is 2.30. The van der Waals surface area contributed by atoms with E-state index in [4.69, 9.17) is 14.8 Å². The van der Waals surface area contributed by atoms with E-state index in [2.05, 4.69) is 10.2 Å². The molecule has 2 amide bonds. The first kappa shape index (κ1) is 18.6. The Labute approximate surface area is 166 Å². The first-order valence-electron chi connectivity index (χ1n) is 9.00. The molecule has 8 nitrogen and oxygen atoms in total. The van der Waals surface area contributed by atoms with Gasteiger partial charge in [-0.15, -0.1) is 11.3 Å². The minimum absolute atomic E-state index is 0.00636. The van der Waals surface area contributed by atoms with Crippen molar-refractivity contribution in [1.82, 2.24) is 9.88 Å². The lowest BCUT2D eigenvalue weighted by molar-refractivity contribution is -0.137. The predicted octanol–water partition coefficient (Wildman–Crippen LogP) is 1.30. The lowest BCUT2D eigenvalue weighted by Crippen LogP contribution is -2.36. The number of nitrogens with one attached hydrogen (secondary N) is 1. The van der Waals surface area contributed by atoms with Crippen LogP contribution in [0.2, 0.25) is 0 Å². The third-order valence-electron chi connectivity index (χ3n) is 4.57. The molecule has 2 aliphatic heterocycles. The van der Waals surface area contributed by atoms with Crippen molar-refractivity contribution >= 4 is 34.0 Å². The molecule has 0 bridgehead atoms. The summed E-state index contributed by atoms with van der Waals surface area (Å²) in [4.78, 5) is 32.0. The van der Waals surface area contributed by atoms with Crippen molar-refractivity contribution in [3.63, 3.8) is 0 Å². The van der Waals surface area contributed by atoms with Gasteiger partial charge in [0, 0.05) is 35.8 Å². The number of β-amino-alcohol motifs (C(OH)–C–C–N with tert-alkyl or cyclic N) is 1. The topological polar surface area (TPSA) is 95.0 Å². The Hall–Kier alpha value is -2.75. The number of aliphatic hydroxyl groups is 1. The van der Waals surface area contributed by atoms with Crippen LogP contribution >= 0.6 is 11.3 Å². The molecule has 3 heterocycles. The molecule has 2 N–H and O–H groups in total. The van der Waals surface area contributed by atoms with E-state index in [1.165, 1.54) is 6.08 Å². The Morgan fingerprint density at radius 1 is 1.18 bits per heavy atom. The van der Waals surface area contributed by atoms with E-state index < -0.39 is 11.8 Å². The number of carbonyl (C=O) groups is 2. The van der Waals surface area contributed by atoms with Crippen molar-refractivity contribution in [1.29, 1.82) is 0 Å². The minimum Gasteiger partial charge on any atom is -0.395 e. The van der Waals surface area contributed by atoms with Crippen molar-refractivity contribution in [2.75, 3.05) is 49.7 Å². The second-order valence-corrected chi connectivity index (χ2v) is 7.23. The molecule has 1 fully saturated rings. The van der Waals surface area contributed by atoms with Gasteiger partial charge in [0.25, 0.3) is 11.8 Å². The van der Waals surface area contributed by atoms with E-state index in [-0.39, 0.29) is 18.8 Å². The van der Waals surface area contributed by atoms with Crippen molar-refractivity contribution in [2.45, 2.75) is 0 Å². The summed E-state index contributed by atoms with van der Waals surface area (Å²) in [7, 11) is 0. The number of anilines is 2. The molecule has 2 aromatic rings. The molecule has 0 unspecified atom stereocenters. The second kappa shape index (κ2) is 8.09. The summed E-state index contributed by atoms with van der Waals surface area (Å²) in [6, 6.07) is 7.54. The summed E-state index contributed by atoms with van der Waals surface area (Å²) in [5, 5.41) is 15.0. The van der Waals surface area contributed by atoms with Gasteiger partial charge in [-0.1, -0.05) is 12.1 Å². The number of amides is 2. The summed E-state index contributed by atoms with van der Waals surface area (Å²) in [5.74, 6) is -0.853. The number of thiazole rings is 1. The number of hydrogen-bond donors (Lipinski definition) is 2.